The molecular formula is C12H12ClN3OS. The van der Waals surface area contributed by atoms with Gasteiger partial charge in [0.15, 0.2) is 0 Å². The van der Waals surface area contributed by atoms with Crippen molar-refractivity contribution in [3.05, 3.63) is 40.5 Å². The van der Waals surface area contributed by atoms with E-state index in [0.717, 1.165) is 21.2 Å². The van der Waals surface area contributed by atoms with Crippen molar-refractivity contribution in [1.82, 2.24) is 9.78 Å². The van der Waals surface area contributed by atoms with E-state index in [1.165, 1.54) is 6.21 Å². The summed E-state index contributed by atoms with van der Waals surface area (Å²) >= 11 is 7.40. The molecule has 1 heterocycles. The van der Waals surface area contributed by atoms with Gasteiger partial charge < -0.3 is 5.21 Å². The smallest absolute Gasteiger partial charge is 0.108 e. The van der Waals surface area contributed by atoms with Crippen molar-refractivity contribution in [3.63, 3.8) is 0 Å². The van der Waals surface area contributed by atoms with Gasteiger partial charge in [-0.2, -0.15) is 5.10 Å². The maximum absolute atomic E-state index is 8.69. The van der Waals surface area contributed by atoms with E-state index < -0.39 is 0 Å². The quantitative estimate of drug-likeness (QED) is 0.533. The number of halogens is 1. The second-order valence-electron chi connectivity index (χ2n) is 3.73. The van der Waals surface area contributed by atoms with Crippen LogP contribution in [0.5, 0.6) is 0 Å². The van der Waals surface area contributed by atoms with Crippen molar-refractivity contribution in [2.75, 3.05) is 0 Å². The summed E-state index contributed by atoms with van der Waals surface area (Å²) in [4.78, 5) is 1.05. The Bertz CT molecular complexity index is 578. The molecule has 0 unspecified atom stereocenters. The number of hydrogen-bond donors (Lipinski definition) is 1. The minimum atomic E-state index is 0.706. The van der Waals surface area contributed by atoms with Crippen molar-refractivity contribution in [2.45, 2.75) is 16.8 Å². The average Bonchev–Trinajstić information content (AvgIpc) is 2.59. The molecule has 2 rings (SSSR count). The first-order valence-electron chi connectivity index (χ1n) is 5.26. The van der Waals surface area contributed by atoms with Gasteiger partial charge in [-0.25, -0.2) is 0 Å². The highest BCUT2D eigenvalue weighted by Crippen LogP contribution is 2.31. The van der Waals surface area contributed by atoms with Crippen LogP contribution in [0.3, 0.4) is 0 Å². The van der Waals surface area contributed by atoms with Crippen LogP contribution in [0.25, 0.3) is 0 Å². The molecule has 1 aromatic carbocycles. The highest BCUT2D eigenvalue weighted by atomic mass is 35.5. The first-order valence-corrected chi connectivity index (χ1v) is 6.45. The van der Waals surface area contributed by atoms with Gasteiger partial charge in [-0.1, -0.05) is 28.5 Å². The average molecular weight is 282 g/mol. The van der Waals surface area contributed by atoms with Crippen LogP contribution in [-0.4, -0.2) is 21.2 Å². The van der Waals surface area contributed by atoms with Gasteiger partial charge in [0.2, 0.25) is 0 Å². The zero-order chi connectivity index (χ0) is 13.1. The van der Waals surface area contributed by atoms with Crippen LogP contribution in [0.2, 0.25) is 5.02 Å². The van der Waals surface area contributed by atoms with E-state index in [2.05, 4.69) is 10.3 Å². The molecule has 0 aliphatic heterocycles. The van der Waals surface area contributed by atoms with E-state index in [1.54, 1.807) is 16.4 Å². The molecule has 0 saturated heterocycles. The fourth-order valence-electron chi connectivity index (χ4n) is 1.60. The Kier molecular flexibility index (Phi) is 3.93. The molecule has 0 saturated carbocycles. The molecule has 0 radical (unpaired) electrons. The number of aromatic nitrogens is 2. The molecular weight excluding hydrogens is 270 g/mol. The minimum Gasteiger partial charge on any atom is -0.411 e. The zero-order valence-corrected chi connectivity index (χ0v) is 11.5. The number of oxime groups is 1. The lowest BCUT2D eigenvalue weighted by atomic mass is 10.3. The second kappa shape index (κ2) is 5.46. The van der Waals surface area contributed by atoms with Crippen LogP contribution < -0.4 is 0 Å². The fraction of sp³-hybridized carbons (Fsp3) is 0.167. The molecule has 6 heteroatoms. The molecule has 0 bridgehead atoms. The number of hydrogen-bond acceptors (Lipinski definition) is 4. The van der Waals surface area contributed by atoms with E-state index in [4.69, 9.17) is 16.8 Å². The summed E-state index contributed by atoms with van der Waals surface area (Å²) < 4.78 is 1.77. The summed E-state index contributed by atoms with van der Waals surface area (Å²) in [5.41, 5.74) is 1.65. The van der Waals surface area contributed by atoms with Crippen LogP contribution in [0.1, 0.15) is 11.3 Å². The summed E-state index contributed by atoms with van der Waals surface area (Å²) in [5.74, 6) is 0. The second-order valence-corrected chi connectivity index (χ2v) is 5.23. The molecule has 0 amide bonds. The first kappa shape index (κ1) is 13.0. The summed E-state index contributed by atoms with van der Waals surface area (Å²) in [6.45, 7) is 1.88. The number of benzene rings is 1. The largest absolute Gasteiger partial charge is 0.411 e. The molecule has 1 N–H and O–H groups in total. The van der Waals surface area contributed by atoms with Gasteiger partial charge in [0.05, 0.1) is 17.5 Å². The molecule has 94 valence electrons. The van der Waals surface area contributed by atoms with Crippen molar-refractivity contribution < 1.29 is 5.21 Å². The van der Waals surface area contributed by atoms with Crippen molar-refractivity contribution in [3.8, 4) is 0 Å². The minimum absolute atomic E-state index is 0.706. The lowest BCUT2D eigenvalue weighted by molar-refractivity contribution is 0.321. The molecule has 18 heavy (non-hydrogen) atoms. The Morgan fingerprint density at radius 2 is 2.06 bits per heavy atom. The SMILES string of the molecule is Cc1nn(C)c(Sc2ccc(Cl)cc2)c1/C=N/O. The molecule has 0 aliphatic carbocycles. The van der Waals surface area contributed by atoms with Crippen LogP contribution in [-0.2, 0) is 7.05 Å². The first-order chi connectivity index (χ1) is 8.61. The van der Waals surface area contributed by atoms with Crippen molar-refractivity contribution in [1.29, 1.82) is 0 Å². The fourth-order valence-corrected chi connectivity index (χ4v) is 2.70. The van der Waals surface area contributed by atoms with Crippen LogP contribution >= 0.6 is 23.4 Å². The Hall–Kier alpha value is -1.46. The van der Waals surface area contributed by atoms with E-state index in [1.807, 2.05) is 38.2 Å². The predicted molar refractivity (Wildman–Crippen MR) is 72.9 cm³/mol. The topological polar surface area (TPSA) is 50.4 Å². The van der Waals surface area contributed by atoms with Gasteiger partial charge in [-0.05, 0) is 31.2 Å². The van der Waals surface area contributed by atoms with E-state index in [9.17, 15) is 0 Å². The standard InChI is InChI=1S/C12H12ClN3OS/c1-8-11(7-14-17)12(16(2)15-8)18-10-5-3-9(13)4-6-10/h3-7,17H,1-2H3/b14-7+. The van der Waals surface area contributed by atoms with Crippen molar-refractivity contribution >= 4 is 29.6 Å². The Morgan fingerprint density at radius 1 is 1.39 bits per heavy atom. The van der Waals surface area contributed by atoms with E-state index >= 15 is 0 Å². The van der Waals surface area contributed by atoms with Crippen molar-refractivity contribution in [2.24, 2.45) is 12.2 Å². The summed E-state index contributed by atoms with van der Waals surface area (Å²) in [5, 5.41) is 17.7. The van der Waals surface area contributed by atoms with E-state index in [-0.39, 0.29) is 0 Å². The Morgan fingerprint density at radius 3 is 2.67 bits per heavy atom. The zero-order valence-electron chi connectivity index (χ0n) is 9.96. The Balaban J connectivity index is 2.36. The summed E-state index contributed by atoms with van der Waals surface area (Å²) in [6.07, 6.45) is 1.40. The molecule has 0 aliphatic rings. The number of aryl methyl sites for hydroxylation is 2. The van der Waals surface area contributed by atoms with E-state index in [0.29, 0.717) is 5.02 Å². The maximum Gasteiger partial charge on any atom is 0.108 e. The molecule has 1 aromatic heterocycles. The Labute approximate surface area is 114 Å². The molecule has 0 atom stereocenters. The van der Waals surface area contributed by atoms with Gasteiger partial charge in [0.25, 0.3) is 0 Å². The third-order valence-corrected chi connectivity index (χ3v) is 3.87. The third kappa shape index (κ3) is 2.68. The normalized spacial score (nSPS) is 11.3. The lowest BCUT2D eigenvalue weighted by Crippen LogP contribution is -1.93. The third-order valence-electron chi connectivity index (χ3n) is 2.43. The van der Waals surface area contributed by atoms with Crippen LogP contribution in [0.4, 0.5) is 0 Å². The number of nitrogens with zero attached hydrogens (tertiary/aromatic N) is 3. The highest BCUT2D eigenvalue weighted by Gasteiger charge is 2.13. The van der Waals surface area contributed by atoms with Gasteiger partial charge in [0, 0.05) is 17.0 Å². The highest BCUT2D eigenvalue weighted by molar-refractivity contribution is 7.99. The van der Waals surface area contributed by atoms with Gasteiger partial charge in [0.1, 0.15) is 5.03 Å². The van der Waals surface area contributed by atoms with Gasteiger partial charge in [-0.15, -0.1) is 0 Å². The summed E-state index contributed by atoms with van der Waals surface area (Å²) in [7, 11) is 1.86. The molecule has 4 nitrogen and oxygen atoms in total. The monoisotopic (exact) mass is 281 g/mol. The predicted octanol–water partition coefficient (Wildman–Crippen LogP) is 3.34. The lowest BCUT2D eigenvalue weighted by Gasteiger charge is -2.03. The van der Waals surface area contributed by atoms with Crippen LogP contribution in [0, 0.1) is 6.92 Å². The molecule has 0 spiro atoms. The number of rotatable bonds is 3. The molecule has 0 fully saturated rings. The molecule has 2 aromatic rings. The van der Waals surface area contributed by atoms with Gasteiger partial charge >= 0.3 is 0 Å². The van der Waals surface area contributed by atoms with Crippen LogP contribution in [0.15, 0.2) is 39.3 Å². The van der Waals surface area contributed by atoms with Gasteiger partial charge in [-0.3, -0.25) is 4.68 Å². The maximum atomic E-state index is 8.69. The summed E-state index contributed by atoms with van der Waals surface area (Å²) in [6, 6.07) is 7.56.